The number of halogens is 1. The van der Waals surface area contributed by atoms with E-state index in [4.69, 9.17) is 14.2 Å². The van der Waals surface area contributed by atoms with Crippen molar-refractivity contribution in [3.05, 3.63) is 101 Å². The minimum absolute atomic E-state index is 0.0235. The van der Waals surface area contributed by atoms with E-state index >= 15 is 0 Å². The number of hydrogen-bond acceptors (Lipinski definition) is 5. The molecule has 0 saturated carbocycles. The molecule has 0 atom stereocenters. The lowest BCUT2D eigenvalue weighted by Gasteiger charge is -2.31. The molecule has 35 heavy (non-hydrogen) atoms. The van der Waals surface area contributed by atoms with Crippen LogP contribution in [0, 0.1) is 11.7 Å². The van der Waals surface area contributed by atoms with Gasteiger partial charge in [0.2, 0.25) is 0 Å². The maximum Gasteiger partial charge on any atom is 0.303 e. The first kappa shape index (κ1) is 24.4. The van der Waals surface area contributed by atoms with Crippen LogP contribution in [-0.4, -0.2) is 29.4 Å². The Balaban J connectivity index is 1.39. The van der Waals surface area contributed by atoms with Crippen molar-refractivity contribution >= 4 is 5.97 Å². The number of carbonyl (C=O) groups is 1. The Morgan fingerprint density at radius 2 is 1.57 bits per heavy atom. The van der Waals surface area contributed by atoms with E-state index in [-0.39, 0.29) is 23.9 Å². The van der Waals surface area contributed by atoms with E-state index in [0.29, 0.717) is 43.1 Å². The maximum atomic E-state index is 13.1. The number of phenolic OH excluding ortho intramolecular Hbond substituents is 1. The second-order valence-electron chi connectivity index (χ2n) is 8.33. The third-order valence-corrected chi connectivity index (χ3v) is 5.81. The van der Waals surface area contributed by atoms with Crippen molar-refractivity contribution in [2.45, 2.75) is 25.6 Å². The summed E-state index contributed by atoms with van der Waals surface area (Å²) in [6.45, 7) is 0.740. The predicted octanol–water partition coefficient (Wildman–Crippen LogP) is 6.02. The highest BCUT2D eigenvalue weighted by Crippen LogP contribution is 2.33. The van der Waals surface area contributed by atoms with E-state index < -0.39 is 12.3 Å². The Labute approximate surface area is 203 Å². The van der Waals surface area contributed by atoms with Gasteiger partial charge in [-0.05, 0) is 60.9 Å². The summed E-state index contributed by atoms with van der Waals surface area (Å²) in [6.07, 6.45) is 2.43. The Morgan fingerprint density at radius 1 is 0.943 bits per heavy atom. The van der Waals surface area contributed by atoms with Crippen molar-refractivity contribution in [3.63, 3.8) is 0 Å². The summed E-state index contributed by atoms with van der Waals surface area (Å²) in [5, 5.41) is 19.2. The minimum atomic E-state index is -0.858. The van der Waals surface area contributed by atoms with Crippen LogP contribution >= 0.6 is 0 Å². The molecule has 1 fully saturated rings. The quantitative estimate of drug-likeness (QED) is 0.366. The number of hydrogen-bond donors (Lipinski definition) is 2. The highest BCUT2D eigenvalue weighted by atomic mass is 19.1. The van der Waals surface area contributed by atoms with Crippen LogP contribution in [0.1, 0.15) is 30.3 Å². The van der Waals surface area contributed by atoms with Gasteiger partial charge in [-0.1, -0.05) is 42.0 Å². The normalized spacial score (nSPS) is 18.3. The van der Waals surface area contributed by atoms with Crippen LogP contribution in [0.5, 0.6) is 17.2 Å². The van der Waals surface area contributed by atoms with Crippen molar-refractivity contribution in [2.24, 2.45) is 5.92 Å². The van der Waals surface area contributed by atoms with Gasteiger partial charge < -0.3 is 24.4 Å². The van der Waals surface area contributed by atoms with Gasteiger partial charge >= 0.3 is 5.97 Å². The zero-order valence-electron chi connectivity index (χ0n) is 19.1. The first-order valence-electron chi connectivity index (χ1n) is 11.4. The molecule has 0 aliphatic carbocycles. The van der Waals surface area contributed by atoms with Crippen molar-refractivity contribution in [3.8, 4) is 17.2 Å². The van der Waals surface area contributed by atoms with E-state index in [1.165, 1.54) is 12.1 Å². The number of carboxylic acids is 1. The van der Waals surface area contributed by atoms with Gasteiger partial charge in [0.25, 0.3) is 0 Å². The lowest BCUT2D eigenvalue weighted by Crippen LogP contribution is -2.28. The molecular weight excluding hydrogens is 451 g/mol. The predicted molar refractivity (Wildman–Crippen MR) is 128 cm³/mol. The summed E-state index contributed by atoms with van der Waals surface area (Å²) < 4.78 is 30.5. The van der Waals surface area contributed by atoms with Gasteiger partial charge in [-0.2, -0.15) is 0 Å². The SMILES string of the molecule is O=C(O)CC/C(=C\Cc1ccc(Oc2ccc(F)cc2)cc1)C1COC(c2ccccc2O)OC1. The fraction of sp³-hybridized carbons (Fsp3) is 0.250. The van der Waals surface area contributed by atoms with Crippen LogP contribution in [0.2, 0.25) is 0 Å². The Morgan fingerprint density at radius 3 is 2.20 bits per heavy atom. The molecule has 0 spiro atoms. The van der Waals surface area contributed by atoms with Gasteiger partial charge in [-0.3, -0.25) is 4.79 Å². The second kappa shape index (κ2) is 11.6. The average Bonchev–Trinajstić information content (AvgIpc) is 2.87. The zero-order valence-corrected chi connectivity index (χ0v) is 19.1. The highest BCUT2D eigenvalue weighted by Gasteiger charge is 2.27. The first-order valence-corrected chi connectivity index (χ1v) is 11.4. The smallest absolute Gasteiger partial charge is 0.303 e. The number of carboxylic acid groups (broad SMARTS) is 1. The number of para-hydroxylation sites is 1. The van der Waals surface area contributed by atoms with E-state index in [0.717, 1.165) is 11.1 Å². The molecule has 0 aromatic heterocycles. The minimum Gasteiger partial charge on any atom is -0.507 e. The number of aliphatic carboxylic acids is 1. The summed E-state index contributed by atoms with van der Waals surface area (Å²) in [6, 6.07) is 20.3. The van der Waals surface area contributed by atoms with Gasteiger partial charge in [-0.15, -0.1) is 0 Å². The summed E-state index contributed by atoms with van der Waals surface area (Å²) >= 11 is 0. The van der Waals surface area contributed by atoms with Crippen molar-refractivity contribution in [2.75, 3.05) is 13.2 Å². The molecule has 1 aliphatic heterocycles. The van der Waals surface area contributed by atoms with Gasteiger partial charge in [0.15, 0.2) is 6.29 Å². The molecule has 1 saturated heterocycles. The monoisotopic (exact) mass is 478 g/mol. The Hall–Kier alpha value is -3.68. The molecule has 0 unspecified atom stereocenters. The van der Waals surface area contributed by atoms with Crippen LogP contribution < -0.4 is 4.74 Å². The molecule has 1 heterocycles. The molecule has 0 amide bonds. The molecule has 4 rings (SSSR count). The van der Waals surface area contributed by atoms with E-state index in [2.05, 4.69) is 0 Å². The number of ether oxygens (including phenoxy) is 3. The number of rotatable bonds is 9. The number of allylic oxidation sites excluding steroid dienone is 1. The van der Waals surface area contributed by atoms with Gasteiger partial charge in [-0.25, -0.2) is 4.39 Å². The van der Waals surface area contributed by atoms with Crippen LogP contribution in [0.3, 0.4) is 0 Å². The molecule has 1 aliphatic rings. The van der Waals surface area contributed by atoms with Crippen LogP contribution in [0.25, 0.3) is 0 Å². The lowest BCUT2D eigenvalue weighted by atomic mass is 9.93. The fourth-order valence-corrected chi connectivity index (χ4v) is 3.89. The molecular formula is C28H27FO6. The molecule has 0 bridgehead atoms. The summed E-state index contributed by atoms with van der Waals surface area (Å²) in [5.74, 6) is 0.0553. The Bertz CT molecular complexity index is 1150. The van der Waals surface area contributed by atoms with E-state index in [1.54, 1.807) is 30.3 Å². The van der Waals surface area contributed by atoms with E-state index in [9.17, 15) is 19.4 Å². The fourth-order valence-electron chi connectivity index (χ4n) is 3.89. The van der Waals surface area contributed by atoms with Gasteiger partial charge in [0, 0.05) is 17.9 Å². The van der Waals surface area contributed by atoms with E-state index in [1.807, 2.05) is 36.4 Å². The largest absolute Gasteiger partial charge is 0.507 e. The van der Waals surface area contributed by atoms with Gasteiger partial charge in [0.1, 0.15) is 23.1 Å². The summed E-state index contributed by atoms with van der Waals surface area (Å²) in [4.78, 5) is 11.2. The first-order chi connectivity index (χ1) is 17.0. The Kier molecular flexibility index (Phi) is 8.13. The van der Waals surface area contributed by atoms with Crippen LogP contribution in [0.15, 0.2) is 84.4 Å². The van der Waals surface area contributed by atoms with Crippen molar-refractivity contribution in [1.82, 2.24) is 0 Å². The van der Waals surface area contributed by atoms with Crippen molar-refractivity contribution in [1.29, 1.82) is 0 Å². The maximum absolute atomic E-state index is 13.1. The second-order valence-corrected chi connectivity index (χ2v) is 8.33. The standard InChI is InChI=1S/C28H27FO6/c29-22-10-14-24(15-11-22)35-23-12-6-19(7-13-23)5-8-20(9-16-27(31)32)21-17-33-28(34-18-21)25-3-1-2-4-26(25)30/h1-4,6-8,10-15,21,28,30H,5,9,16-18H2,(H,31,32)/b20-8+. The molecule has 3 aromatic carbocycles. The average molecular weight is 479 g/mol. The van der Waals surface area contributed by atoms with Crippen molar-refractivity contribution < 1.29 is 33.6 Å². The lowest BCUT2D eigenvalue weighted by molar-refractivity contribution is -0.200. The zero-order chi connectivity index (χ0) is 24.6. The summed E-state index contributed by atoms with van der Waals surface area (Å²) in [5.41, 5.74) is 2.58. The topological polar surface area (TPSA) is 85.2 Å². The number of benzene rings is 3. The highest BCUT2D eigenvalue weighted by molar-refractivity contribution is 5.67. The molecule has 2 N–H and O–H groups in total. The number of phenols is 1. The molecule has 3 aromatic rings. The van der Waals surface area contributed by atoms with Crippen LogP contribution in [-0.2, 0) is 20.7 Å². The third-order valence-electron chi connectivity index (χ3n) is 5.81. The van der Waals surface area contributed by atoms with Crippen LogP contribution in [0.4, 0.5) is 4.39 Å². The third kappa shape index (κ3) is 6.91. The van der Waals surface area contributed by atoms with Gasteiger partial charge in [0.05, 0.1) is 13.2 Å². The molecule has 0 radical (unpaired) electrons. The molecule has 182 valence electrons. The number of aromatic hydroxyl groups is 1. The molecule has 7 heteroatoms. The molecule has 6 nitrogen and oxygen atoms in total. The summed E-state index contributed by atoms with van der Waals surface area (Å²) in [7, 11) is 0.